The number of hydrogen-bond acceptors (Lipinski definition) is 4. The van der Waals surface area contributed by atoms with Gasteiger partial charge in [0.1, 0.15) is 11.9 Å². The van der Waals surface area contributed by atoms with E-state index in [1.165, 1.54) is 0 Å². The fourth-order valence-corrected chi connectivity index (χ4v) is 3.13. The lowest BCUT2D eigenvalue weighted by Gasteiger charge is -2.19. The Labute approximate surface area is 146 Å². The molecule has 2 fully saturated rings. The van der Waals surface area contributed by atoms with Gasteiger partial charge in [-0.15, -0.1) is 0 Å². The van der Waals surface area contributed by atoms with Crippen LogP contribution in [-0.4, -0.2) is 54.4 Å². The van der Waals surface area contributed by atoms with E-state index in [1.807, 2.05) is 25.1 Å². The number of rotatable bonds is 5. The van der Waals surface area contributed by atoms with Crippen LogP contribution < -0.4 is 10.1 Å². The minimum absolute atomic E-state index is 0.0474. The Morgan fingerprint density at radius 3 is 2.92 bits per heavy atom. The van der Waals surface area contributed by atoms with Crippen molar-refractivity contribution in [2.24, 2.45) is 5.92 Å². The van der Waals surface area contributed by atoms with Crippen molar-refractivity contribution >= 4 is 12.0 Å². The molecule has 2 N–H and O–H groups in total. The molecule has 0 spiro atoms. The molecule has 0 saturated carbocycles. The average molecular weight is 348 g/mol. The molecule has 0 radical (unpaired) electrons. The molecule has 2 saturated heterocycles. The summed E-state index contributed by atoms with van der Waals surface area (Å²) in [6.07, 6.45) is 1.42. The number of carboxylic acid groups (broad SMARTS) is 1. The highest BCUT2D eigenvalue weighted by Gasteiger charge is 2.30. The molecule has 2 aliphatic rings. The van der Waals surface area contributed by atoms with Crippen molar-refractivity contribution in [2.75, 3.05) is 26.3 Å². The summed E-state index contributed by atoms with van der Waals surface area (Å²) in [6, 6.07) is 5.66. The molecule has 3 rings (SSSR count). The zero-order valence-corrected chi connectivity index (χ0v) is 14.4. The normalized spacial score (nSPS) is 22.8. The van der Waals surface area contributed by atoms with Crippen LogP contribution in [-0.2, 0) is 16.1 Å². The number of likely N-dealkylation sites (tertiary alicyclic amines) is 1. The van der Waals surface area contributed by atoms with E-state index in [2.05, 4.69) is 5.32 Å². The van der Waals surface area contributed by atoms with Gasteiger partial charge in [-0.3, -0.25) is 4.79 Å². The predicted octanol–water partition coefficient (Wildman–Crippen LogP) is 1.78. The van der Waals surface area contributed by atoms with Crippen molar-refractivity contribution in [1.82, 2.24) is 10.2 Å². The third-order valence-corrected chi connectivity index (χ3v) is 4.66. The number of aliphatic carboxylic acids is 1. The molecular weight excluding hydrogens is 324 g/mol. The lowest BCUT2D eigenvalue weighted by atomic mass is 10.1. The number of nitrogens with zero attached hydrogens (tertiary/aromatic N) is 1. The first-order valence-corrected chi connectivity index (χ1v) is 8.62. The molecule has 2 aliphatic heterocycles. The van der Waals surface area contributed by atoms with Crippen LogP contribution in [0.4, 0.5) is 4.79 Å². The van der Waals surface area contributed by atoms with Crippen molar-refractivity contribution < 1.29 is 24.2 Å². The third-order valence-electron chi connectivity index (χ3n) is 4.66. The second-order valence-corrected chi connectivity index (χ2v) is 6.64. The van der Waals surface area contributed by atoms with Crippen molar-refractivity contribution in [3.05, 3.63) is 29.3 Å². The fraction of sp³-hybridized carbons (Fsp3) is 0.556. The molecule has 2 amide bonds. The van der Waals surface area contributed by atoms with Gasteiger partial charge in [0, 0.05) is 31.6 Å². The van der Waals surface area contributed by atoms with Crippen LogP contribution in [0.1, 0.15) is 24.0 Å². The van der Waals surface area contributed by atoms with Crippen LogP contribution in [0.15, 0.2) is 18.2 Å². The van der Waals surface area contributed by atoms with Crippen molar-refractivity contribution in [2.45, 2.75) is 32.4 Å². The number of ether oxygens (including phenoxy) is 2. The summed E-state index contributed by atoms with van der Waals surface area (Å²) < 4.78 is 11.4. The Hall–Kier alpha value is -2.28. The average Bonchev–Trinajstić information content (AvgIpc) is 3.25. The molecule has 0 bridgehead atoms. The molecule has 7 nitrogen and oxygen atoms in total. The molecule has 25 heavy (non-hydrogen) atoms. The molecule has 2 heterocycles. The van der Waals surface area contributed by atoms with Crippen molar-refractivity contribution in [1.29, 1.82) is 0 Å². The summed E-state index contributed by atoms with van der Waals surface area (Å²) >= 11 is 0. The fourth-order valence-electron chi connectivity index (χ4n) is 3.13. The van der Waals surface area contributed by atoms with E-state index >= 15 is 0 Å². The summed E-state index contributed by atoms with van der Waals surface area (Å²) in [5.74, 6) is -0.546. The highest BCUT2D eigenvalue weighted by molar-refractivity contribution is 5.77. The van der Waals surface area contributed by atoms with Gasteiger partial charge in [-0.25, -0.2) is 4.79 Å². The number of carbonyl (C=O) groups is 2. The Morgan fingerprint density at radius 1 is 1.40 bits per heavy atom. The van der Waals surface area contributed by atoms with E-state index in [-0.39, 0.29) is 18.7 Å². The first kappa shape index (κ1) is 17.5. The van der Waals surface area contributed by atoms with E-state index in [0.29, 0.717) is 32.7 Å². The number of amides is 2. The second kappa shape index (κ2) is 7.74. The number of benzene rings is 1. The Morgan fingerprint density at radius 2 is 2.24 bits per heavy atom. The highest BCUT2D eigenvalue weighted by atomic mass is 16.5. The van der Waals surface area contributed by atoms with E-state index in [1.54, 1.807) is 4.90 Å². The number of hydrogen-bond donors (Lipinski definition) is 2. The number of urea groups is 1. The van der Waals surface area contributed by atoms with Crippen molar-refractivity contribution in [3.63, 3.8) is 0 Å². The highest BCUT2D eigenvalue weighted by Crippen LogP contribution is 2.24. The zero-order valence-electron chi connectivity index (χ0n) is 14.4. The van der Waals surface area contributed by atoms with Gasteiger partial charge in [0.25, 0.3) is 0 Å². The Bertz CT molecular complexity index is 642. The molecule has 1 aromatic carbocycles. The maximum atomic E-state index is 12.3. The van der Waals surface area contributed by atoms with Gasteiger partial charge in [0.05, 0.1) is 19.1 Å². The molecule has 0 aliphatic carbocycles. The number of nitrogens with one attached hydrogen (secondary N) is 1. The van der Waals surface area contributed by atoms with Crippen LogP contribution in [0.25, 0.3) is 0 Å². The smallest absolute Gasteiger partial charge is 0.317 e. The molecular formula is C18H24N2O5. The van der Waals surface area contributed by atoms with E-state index in [4.69, 9.17) is 14.6 Å². The van der Waals surface area contributed by atoms with Gasteiger partial charge in [-0.2, -0.15) is 0 Å². The van der Waals surface area contributed by atoms with Crippen LogP contribution >= 0.6 is 0 Å². The number of carboxylic acids is 1. The van der Waals surface area contributed by atoms with Crippen LogP contribution in [0.2, 0.25) is 0 Å². The van der Waals surface area contributed by atoms with Gasteiger partial charge in [-0.1, -0.05) is 12.1 Å². The summed E-state index contributed by atoms with van der Waals surface area (Å²) in [6.45, 7) is 4.37. The maximum Gasteiger partial charge on any atom is 0.317 e. The van der Waals surface area contributed by atoms with Crippen molar-refractivity contribution in [3.8, 4) is 5.75 Å². The zero-order chi connectivity index (χ0) is 17.8. The predicted molar refractivity (Wildman–Crippen MR) is 90.6 cm³/mol. The topological polar surface area (TPSA) is 88.1 Å². The Kier molecular flexibility index (Phi) is 5.43. The first-order valence-electron chi connectivity index (χ1n) is 8.62. The molecule has 136 valence electrons. The molecule has 2 atom stereocenters. The standard InChI is InChI=1S/C18H24N2O5/c1-12-2-3-13(16(8-12)25-15-5-7-24-11-15)9-19-18(23)20-6-4-14(10-20)17(21)22/h2-3,8,14-15H,4-7,9-11H2,1H3,(H,19,23)(H,21,22). The van der Waals surface area contributed by atoms with Gasteiger partial charge >= 0.3 is 12.0 Å². The first-order chi connectivity index (χ1) is 12.0. The summed E-state index contributed by atoms with van der Waals surface area (Å²) in [4.78, 5) is 24.8. The third kappa shape index (κ3) is 4.42. The van der Waals surface area contributed by atoms with Crippen LogP contribution in [0.5, 0.6) is 5.75 Å². The van der Waals surface area contributed by atoms with Gasteiger partial charge < -0.3 is 24.8 Å². The van der Waals surface area contributed by atoms with E-state index < -0.39 is 11.9 Å². The minimum atomic E-state index is -0.844. The second-order valence-electron chi connectivity index (χ2n) is 6.64. The summed E-state index contributed by atoms with van der Waals surface area (Å²) in [7, 11) is 0. The minimum Gasteiger partial charge on any atom is -0.488 e. The molecule has 7 heteroatoms. The van der Waals surface area contributed by atoms with Gasteiger partial charge in [0.2, 0.25) is 0 Å². The largest absolute Gasteiger partial charge is 0.488 e. The van der Waals surface area contributed by atoms with E-state index in [0.717, 1.165) is 23.3 Å². The monoisotopic (exact) mass is 348 g/mol. The molecule has 2 unspecified atom stereocenters. The van der Waals surface area contributed by atoms with E-state index in [9.17, 15) is 9.59 Å². The quantitative estimate of drug-likeness (QED) is 0.847. The molecule has 1 aromatic rings. The van der Waals surface area contributed by atoms with Crippen LogP contribution in [0, 0.1) is 12.8 Å². The van der Waals surface area contributed by atoms with Gasteiger partial charge in [-0.05, 0) is 25.0 Å². The lowest BCUT2D eigenvalue weighted by molar-refractivity contribution is -0.141. The summed E-state index contributed by atoms with van der Waals surface area (Å²) in [5.41, 5.74) is 1.99. The van der Waals surface area contributed by atoms with Crippen LogP contribution in [0.3, 0.4) is 0 Å². The maximum absolute atomic E-state index is 12.3. The Balaban J connectivity index is 1.58. The number of carbonyl (C=O) groups excluding carboxylic acids is 1. The van der Waals surface area contributed by atoms with Gasteiger partial charge in [0.15, 0.2) is 0 Å². The SMILES string of the molecule is Cc1ccc(CNC(=O)N2CCC(C(=O)O)C2)c(OC2CCOC2)c1. The lowest BCUT2D eigenvalue weighted by Crippen LogP contribution is -2.38. The summed E-state index contributed by atoms with van der Waals surface area (Å²) in [5, 5.41) is 11.9. The molecule has 0 aromatic heterocycles. The number of aryl methyl sites for hydroxylation is 1.